The van der Waals surface area contributed by atoms with E-state index < -0.39 is 10.0 Å². The van der Waals surface area contributed by atoms with Gasteiger partial charge in [0.05, 0.1) is 10.6 Å². The number of carbonyl (C=O) groups excluding carboxylic acids is 1. The largest absolute Gasteiger partial charge is 0.322 e. The van der Waals surface area contributed by atoms with Gasteiger partial charge in [0.1, 0.15) is 0 Å². The Hall–Kier alpha value is -3.97. The lowest BCUT2D eigenvalue weighted by Crippen LogP contribution is -2.17. The first-order chi connectivity index (χ1) is 16.7. The van der Waals surface area contributed by atoms with Crippen LogP contribution in [-0.4, -0.2) is 19.3 Å². The number of benzene rings is 3. The van der Waals surface area contributed by atoms with Crippen molar-refractivity contribution >= 4 is 27.3 Å². The summed E-state index contributed by atoms with van der Waals surface area (Å²) >= 11 is 0. The van der Waals surface area contributed by atoms with Gasteiger partial charge in [0, 0.05) is 23.6 Å². The molecule has 0 aliphatic rings. The number of hydrogen-bond acceptors (Lipinski definition) is 4. The van der Waals surface area contributed by atoms with Crippen LogP contribution >= 0.6 is 0 Å². The van der Waals surface area contributed by atoms with Crippen LogP contribution in [0.5, 0.6) is 0 Å². The molecule has 0 radical (unpaired) electrons. The van der Waals surface area contributed by atoms with Gasteiger partial charge in [0.15, 0.2) is 0 Å². The van der Waals surface area contributed by atoms with Crippen LogP contribution in [0.2, 0.25) is 0 Å². The van der Waals surface area contributed by atoms with E-state index in [9.17, 15) is 13.2 Å². The number of aromatic nitrogens is 1. The third-order valence-electron chi connectivity index (χ3n) is 5.75. The Bertz CT molecular complexity index is 1470. The maximum Gasteiger partial charge on any atom is 0.262 e. The smallest absolute Gasteiger partial charge is 0.262 e. The molecule has 0 spiro atoms. The molecule has 2 N–H and O–H groups in total. The minimum absolute atomic E-state index is 0.0683. The van der Waals surface area contributed by atoms with Gasteiger partial charge in [-0.3, -0.25) is 14.5 Å². The Balaban J connectivity index is 1.51. The van der Waals surface area contributed by atoms with Crippen LogP contribution in [0.4, 0.5) is 11.4 Å². The number of carbonyl (C=O) groups is 1. The molecule has 0 saturated carbocycles. The van der Waals surface area contributed by atoms with Gasteiger partial charge in [-0.15, -0.1) is 0 Å². The molecular weight excluding hydrogens is 458 g/mol. The molecule has 0 saturated heterocycles. The fraction of sp³-hybridized carbons (Fsp3) is 0.143. The van der Waals surface area contributed by atoms with E-state index >= 15 is 0 Å². The topological polar surface area (TPSA) is 88.2 Å². The number of amides is 1. The second kappa shape index (κ2) is 10.1. The van der Waals surface area contributed by atoms with Crippen LogP contribution in [0.15, 0.2) is 90.1 Å². The van der Waals surface area contributed by atoms with Gasteiger partial charge in [0.2, 0.25) is 0 Å². The summed E-state index contributed by atoms with van der Waals surface area (Å²) in [6, 6.07) is 21.8. The number of aryl methyl sites for hydroxylation is 3. The monoisotopic (exact) mass is 485 g/mol. The lowest BCUT2D eigenvalue weighted by Gasteiger charge is -2.14. The lowest BCUT2D eigenvalue weighted by atomic mass is 10.1. The Morgan fingerprint density at radius 3 is 2.17 bits per heavy atom. The molecule has 0 atom stereocenters. The molecule has 1 amide bonds. The highest BCUT2D eigenvalue weighted by Gasteiger charge is 2.20. The molecule has 4 rings (SSSR count). The highest BCUT2D eigenvalue weighted by atomic mass is 32.2. The van der Waals surface area contributed by atoms with Crippen LogP contribution in [-0.2, 0) is 16.4 Å². The summed E-state index contributed by atoms with van der Waals surface area (Å²) < 4.78 is 29.0. The average Bonchev–Trinajstić information content (AvgIpc) is 2.83. The standard InChI is InChI=1S/C28H27N3O3S/c1-19-4-5-20(2)26(16-19)31-35(33,34)27-18-24(9-6-21(27)3)28(32)30-25-10-7-22(8-11-25)17-23-12-14-29-15-13-23/h4-16,18,31H,17H2,1-3H3,(H,30,32). The first kappa shape index (κ1) is 24.2. The maximum atomic E-state index is 13.2. The molecule has 1 aromatic heterocycles. The zero-order valence-corrected chi connectivity index (χ0v) is 20.7. The van der Waals surface area contributed by atoms with Crippen LogP contribution in [0, 0.1) is 20.8 Å². The van der Waals surface area contributed by atoms with Crippen molar-refractivity contribution in [2.24, 2.45) is 0 Å². The highest BCUT2D eigenvalue weighted by molar-refractivity contribution is 7.92. The lowest BCUT2D eigenvalue weighted by molar-refractivity contribution is 0.102. The van der Waals surface area contributed by atoms with Crippen molar-refractivity contribution in [3.63, 3.8) is 0 Å². The minimum atomic E-state index is -3.88. The predicted molar refractivity (Wildman–Crippen MR) is 139 cm³/mol. The highest BCUT2D eigenvalue weighted by Crippen LogP contribution is 2.24. The van der Waals surface area contributed by atoms with Crippen LogP contribution < -0.4 is 10.0 Å². The fourth-order valence-corrected chi connectivity index (χ4v) is 5.12. The molecule has 6 nitrogen and oxygen atoms in total. The molecule has 0 aliphatic heterocycles. The Labute approximate surface area is 206 Å². The van der Waals surface area contributed by atoms with Gasteiger partial charge >= 0.3 is 0 Å². The number of hydrogen-bond donors (Lipinski definition) is 2. The van der Waals surface area contributed by atoms with Gasteiger partial charge in [0.25, 0.3) is 15.9 Å². The van der Waals surface area contributed by atoms with E-state index in [1.54, 1.807) is 37.5 Å². The predicted octanol–water partition coefficient (Wildman–Crippen LogP) is 5.65. The average molecular weight is 486 g/mol. The van der Waals surface area contributed by atoms with Crippen molar-refractivity contribution in [2.75, 3.05) is 10.0 Å². The summed E-state index contributed by atoms with van der Waals surface area (Å²) in [4.78, 5) is 17.0. The molecule has 1 heterocycles. The minimum Gasteiger partial charge on any atom is -0.322 e. The van der Waals surface area contributed by atoms with Crippen molar-refractivity contribution in [2.45, 2.75) is 32.1 Å². The van der Waals surface area contributed by atoms with Crippen LogP contribution in [0.25, 0.3) is 0 Å². The Morgan fingerprint density at radius 1 is 0.800 bits per heavy atom. The van der Waals surface area contributed by atoms with E-state index in [0.717, 1.165) is 28.7 Å². The molecule has 0 aliphatic carbocycles. The number of nitrogens with one attached hydrogen (secondary N) is 2. The molecule has 0 unspecified atom stereocenters. The van der Waals surface area contributed by atoms with Gasteiger partial charge < -0.3 is 5.32 Å². The van der Waals surface area contributed by atoms with Gasteiger partial charge in [-0.1, -0.05) is 30.3 Å². The maximum absolute atomic E-state index is 13.2. The molecule has 0 bridgehead atoms. The summed E-state index contributed by atoms with van der Waals surface area (Å²) in [5.74, 6) is -0.380. The summed E-state index contributed by atoms with van der Waals surface area (Å²) in [6.45, 7) is 5.45. The number of pyridine rings is 1. The summed E-state index contributed by atoms with van der Waals surface area (Å²) in [5.41, 5.74) is 5.99. The van der Waals surface area contributed by atoms with Crippen LogP contribution in [0.3, 0.4) is 0 Å². The summed E-state index contributed by atoms with van der Waals surface area (Å²) in [5, 5.41) is 2.85. The van der Waals surface area contributed by atoms with Gasteiger partial charge in [-0.2, -0.15) is 0 Å². The quantitative estimate of drug-likeness (QED) is 0.354. The van der Waals surface area contributed by atoms with Crippen LogP contribution in [0.1, 0.15) is 38.2 Å². The summed E-state index contributed by atoms with van der Waals surface area (Å²) in [6.07, 6.45) is 4.29. The van der Waals surface area contributed by atoms with Crippen molar-refractivity contribution in [3.8, 4) is 0 Å². The molecule has 7 heteroatoms. The van der Waals surface area contributed by atoms with Gasteiger partial charge in [-0.25, -0.2) is 8.42 Å². The van der Waals surface area contributed by atoms with E-state index in [1.807, 2.05) is 62.4 Å². The van der Waals surface area contributed by atoms with Crippen molar-refractivity contribution in [1.29, 1.82) is 0 Å². The fourth-order valence-electron chi connectivity index (χ4n) is 3.72. The Kier molecular flexibility index (Phi) is 6.98. The second-order valence-corrected chi connectivity index (χ2v) is 10.2. The second-order valence-electron chi connectivity index (χ2n) is 8.59. The van der Waals surface area contributed by atoms with E-state index in [2.05, 4.69) is 15.0 Å². The van der Waals surface area contributed by atoms with E-state index in [4.69, 9.17) is 0 Å². The van der Waals surface area contributed by atoms with E-state index in [1.165, 1.54) is 6.07 Å². The Morgan fingerprint density at radius 2 is 1.46 bits per heavy atom. The van der Waals surface area contributed by atoms with Crippen molar-refractivity contribution in [1.82, 2.24) is 4.98 Å². The van der Waals surface area contributed by atoms with E-state index in [0.29, 0.717) is 16.9 Å². The molecular formula is C28H27N3O3S. The molecule has 0 fully saturated rings. The van der Waals surface area contributed by atoms with Crippen molar-refractivity contribution in [3.05, 3.63) is 119 Å². The third kappa shape index (κ3) is 5.94. The third-order valence-corrected chi connectivity index (χ3v) is 7.25. The molecule has 4 aromatic rings. The van der Waals surface area contributed by atoms with Crippen molar-refractivity contribution < 1.29 is 13.2 Å². The van der Waals surface area contributed by atoms with E-state index in [-0.39, 0.29) is 16.4 Å². The SMILES string of the molecule is Cc1ccc(C)c(NS(=O)(=O)c2cc(C(=O)Nc3ccc(Cc4ccncc4)cc3)ccc2C)c1. The molecule has 178 valence electrons. The molecule has 3 aromatic carbocycles. The number of anilines is 2. The zero-order valence-electron chi connectivity index (χ0n) is 19.9. The first-order valence-electron chi connectivity index (χ1n) is 11.2. The first-order valence-corrected chi connectivity index (χ1v) is 12.7. The molecule has 35 heavy (non-hydrogen) atoms. The summed E-state index contributed by atoms with van der Waals surface area (Å²) in [7, 11) is -3.88. The number of sulfonamides is 1. The zero-order chi connectivity index (χ0) is 25.0. The number of rotatable bonds is 7. The van der Waals surface area contributed by atoms with Gasteiger partial charge in [-0.05, 0) is 97.5 Å². The normalized spacial score (nSPS) is 11.2. The number of nitrogens with zero attached hydrogens (tertiary/aromatic N) is 1.